The average molecular weight is 845 g/mol. The Hall–Kier alpha value is -4.48. The van der Waals surface area contributed by atoms with Crippen molar-refractivity contribution in [3.05, 3.63) is 60.2 Å². The van der Waals surface area contributed by atoms with Crippen molar-refractivity contribution in [2.24, 2.45) is 17.1 Å². The maximum atomic E-state index is 13.9. The fourth-order valence-corrected chi connectivity index (χ4v) is 10.3. The number of carbonyl (C=O) groups excluding carboxylic acids is 6. The fourth-order valence-electron chi connectivity index (χ4n) is 6.79. The van der Waals surface area contributed by atoms with Crippen molar-refractivity contribution in [1.82, 2.24) is 15.5 Å². The van der Waals surface area contributed by atoms with Gasteiger partial charge in [0.1, 0.15) is 42.0 Å². The third-order valence-corrected chi connectivity index (χ3v) is 13.8. The van der Waals surface area contributed by atoms with Crippen LogP contribution in [0.5, 0.6) is 11.5 Å². The molecule has 4 amide bonds. The van der Waals surface area contributed by atoms with E-state index in [0.717, 1.165) is 30.6 Å². The van der Waals surface area contributed by atoms with E-state index in [9.17, 15) is 33.3 Å². The standard InChI is InChI=1S/C41H56N4O11S2/c1-28(2)25-32(43-35(46)27-55-34-15-9-7-11-29(34)3)37(48)44-33(38(49)54-23-22-53-36(47)16-10-8-14-31-17-24-57-58(31)52)26-41(39(42)50)18-20-45(21-19-41)40(51)56-30-12-5-4-6-13-30/h4-7,9,11-13,15,28,31-33H,8,10,14,16-27H2,1-3H3,(H2,42,50)(H,43,46)(H,44,48)/t31-,32+,33+,58?/m1/s1. The van der Waals surface area contributed by atoms with Crippen LogP contribution in [-0.2, 0) is 43.7 Å². The summed E-state index contributed by atoms with van der Waals surface area (Å²) in [5.41, 5.74) is 5.48. The monoisotopic (exact) mass is 844 g/mol. The average Bonchev–Trinajstić information content (AvgIpc) is 3.61. The number of nitrogens with two attached hydrogens (primary N) is 1. The lowest BCUT2D eigenvalue weighted by Gasteiger charge is -2.40. The van der Waals surface area contributed by atoms with Crippen LogP contribution in [0.15, 0.2) is 54.6 Å². The lowest BCUT2D eigenvalue weighted by Crippen LogP contribution is -2.57. The molecule has 2 heterocycles. The van der Waals surface area contributed by atoms with Crippen molar-refractivity contribution in [1.29, 1.82) is 0 Å². The van der Waals surface area contributed by atoms with Gasteiger partial charge in [-0.3, -0.25) is 19.2 Å². The third kappa shape index (κ3) is 14.7. The van der Waals surface area contributed by atoms with E-state index < -0.39 is 63.5 Å². The summed E-state index contributed by atoms with van der Waals surface area (Å²) in [4.78, 5) is 80.5. The SMILES string of the molecule is Cc1ccccc1OCC(=O)N[C@@H](CC(C)C)C(=O)N[C@@H](CC1(C(N)=O)CCN(C(=O)Oc2ccccc2)CC1)C(=O)OCCOC(=O)CCCC[C@@H]1CCS[S+]1[O-]. The third-order valence-electron chi connectivity index (χ3n) is 10.1. The minimum atomic E-state index is -1.40. The number of benzene rings is 2. The second-order valence-corrected chi connectivity index (χ2v) is 18.5. The van der Waals surface area contributed by atoms with Crippen molar-refractivity contribution < 1.29 is 52.3 Å². The Morgan fingerprint density at radius 1 is 0.948 bits per heavy atom. The number of esters is 2. The normalized spacial score (nSPS) is 18.4. The second-order valence-electron chi connectivity index (χ2n) is 15.0. The van der Waals surface area contributed by atoms with Crippen molar-refractivity contribution >= 4 is 56.8 Å². The number of rotatable bonds is 21. The summed E-state index contributed by atoms with van der Waals surface area (Å²) in [5.74, 6) is -1.60. The largest absolute Gasteiger partial charge is 0.605 e. The molecule has 2 aliphatic rings. The number of nitrogens with one attached hydrogen (secondary N) is 2. The number of unbranched alkanes of at least 4 members (excludes halogenated alkanes) is 1. The van der Waals surface area contributed by atoms with Crippen molar-refractivity contribution in [3.8, 4) is 11.5 Å². The van der Waals surface area contributed by atoms with E-state index in [1.807, 2.05) is 32.9 Å². The number of amides is 4. The second kappa shape index (κ2) is 23.2. The van der Waals surface area contributed by atoms with Gasteiger partial charge in [0.25, 0.3) is 5.91 Å². The Morgan fingerprint density at radius 3 is 2.29 bits per heavy atom. The van der Waals surface area contributed by atoms with Crippen LogP contribution in [0.4, 0.5) is 4.79 Å². The van der Waals surface area contributed by atoms with Crippen LogP contribution in [-0.4, -0.2) is 101 Å². The van der Waals surface area contributed by atoms with E-state index in [-0.39, 0.29) is 76.2 Å². The molecule has 0 bridgehead atoms. The summed E-state index contributed by atoms with van der Waals surface area (Å²) in [5, 5.41) is 5.56. The van der Waals surface area contributed by atoms with Gasteiger partial charge in [-0.05, 0) is 81.5 Å². The summed E-state index contributed by atoms with van der Waals surface area (Å²) in [6.07, 6.45) is 2.68. The first-order valence-electron chi connectivity index (χ1n) is 19.7. The highest BCUT2D eigenvalue weighted by Gasteiger charge is 2.45. The molecule has 0 saturated carbocycles. The van der Waals surface area contributed by atoms with Crippen molar-refractivity contribution in [2.75, 3.05) is 38.7 Å². The molecule has 0 aromatic heterocycles. The predicted molar refractivity (Wildman–Crippen MR) is 219 cm³/mol. The van der Waals surface area contributed by atoms with Gasteiger partial charge in [-0.2, -0.15) is 0 Å². The quantitative estimate of drug-likeness (QED) is 0.0692. The molecule has 58 heavy (non-hydrogen) atoms. The van der Waals surface area contributed by atoms with Crippen LogP contribution in [0.2, 0.25) is 0 Å². The molecule has 4 N–H and O–H groups in total. The van der Waals surface area contributed by atoms with Gasteiger partial charge in [-0.25, -0.2) is 9.59 Å². The van der Waals surface area contributed by atoms with Gasteiger partial charge < -0.3 is 44.8 Å². The number of para-hydroxylation sites is 2. The van der Waals surface area contributed by atoms with Crippen LogP contribution in [0.1, 0.15) is 77.2 Å². The highest BCUT2D eigenvalue weighted by molar-refractivity contribution is 8.72. The molecule has 4 rings (SSSR count). The molecule has 2 aliphatic heterocycles. The van der Waals surface area contributed by atoms with Crippen molar-refractivity contribution in [3.63, 3.8) is 0 Å². The molecule has 0 aliphatic carbocycles. The molecule has 2 fully saturated rings. The molecule has 15 nitrogen and oxygen atoms in total. The first-order chi connectivity index (χ1) is 27.8. The van der Waals surface area contributed by atoms with Crippen LogP contribution >= 0.6 is 10.8 Å². The molecule has 2 saturated heterocycles. The number of likely N-dealkylation sites (tertiary alicyclic amines) is 1. The van der Waals surface area contributed by atoms with Crippen molar-refractivity contribution in [2.45, 2.75) is 95.9 Å². The van der Waals surface area contributed by atoms with Gasteiger partial charge in [-0.15, -0.1) is 0 Å². The zero-order valence-corrected chi connectivity index (χ0v) is 35.1. The Kier molecular flexibility index (Phi) is 18.5. The van der Waals surface area contributed by atoms with Gasteiger partial charge in [0.15, 0.2) is 6.61 Å². The zero-order valence-electron chi connectivity index (χ0n) is 33.4. The zero-order chi connectivity index (χ0) is 42.1. The lowest BCUT2D eigenvalue weighted by atomic mass is 9.73. The Morgan fingerprint density at radius 2 is 1.64 bits per heavy atom. The Bertz CT molecular complexity index is 1690. The molecule has 0 radical (unpaired) electrons. The number of primary amides is 1. The summed E-state index contributed by atoms with van der Waals surface area (Å²) < 4.78 is 33.8. The van der Waals surface area contributed by atoms with E-state index >= 15 is 0 Å². The minimum absolute atomic E-state index is 0.0453. The first kappa shape index (κ1) is 46.2. The van der Waals surface area contributed by atoms with E-state index in [4.69, 9.17) is 24.7 Å². The van der Waals surface area contributed by atoms with Crippen LogP contribution in [0.3, 0.4) is 0 Å². The van der Waals surface area contributed by atoms with Gasteiger partial charge in [0, 0.05) is 41.9 Å². The molecular formula is C41H56N4O11S2. The summed E-state index contributed by atoms with van der Waals surface area (Å²) in [6.45, 7) is 4.86. The molecule has 318 valence electrons. The van der Waals surface area contributed by atoms with E-state index in [1.54, 1.807) is 42.5 Å². The smallest absolute Gasteiger partial charge is 0.415 e. The highest BCUT2D eigenvalue weighted by atomic mass is 33.1. The van der Waals surface area contributed by atoms with E-state index in [1.165, 1.54) is 15.7 Å². The molecular weight excluding hydrogens is 789 g/mol. The maximum Gasteiger partial charge on any atom is 0.415 e. The molecule has 2 aromatic carbocycles. The van der Waals surface area contributed by atoms with Gasteiger partial charge >= 0.3 is 18.0 Å². The van der Waals surface area contributed by atoms with Crippen LogP contribution < -0.4 is 25.8 Å². The Labute approximate surface area is 346 Å². The highest BCUT2D eigenvalue weighted by Crippen LogP contribution is 2.37. The maximum absolute atomic E-state index is 13.9. The van der Waals surface area contributed by atoms with Gasteiger partial charge in [0.2, 0.25) is 11.8 Å². The number of hydrogen-bond acceptors (Lipinski definition) is 12. The van der Waals surface area contributed by atoms with Gasteiger partial charge in [0.05, 0.1) is 16.2 Å². The van der Waals surface area contributed by atoms with Crippen LogP contribution in [0, 0.1) is 18.3 Å². The van der Waals surface area contributed by atoms with E-state index in [0.29, 0.717) is 17.9 Å². The van der Waals surface area contributed by atoms with E-state index in [2.05, 4.69) is 10.6 Å². The fraction of sp³-hybridized carbons (Fsp3) is 0.561. The summed E-state index contributed by atoms with van der Waals surface area (Å²) in [6, 6.07) is 13.3. The Balaban J connectivity index is 1.39. The summed E-state index contributed by atoms with van der Waals surface area (Å²) in [7, 11) is 0.589. The topological polar surface area (TPSA) is 216 Å². The molecule has 2 aromatic rings. The number of aryl methyl sites for hydroxylation is 1. The molecule has 0 spiro atoms. The first-order valence-corrected chi connectivity index (χ1v) is 22.4. The number of nitrogens with zero attached hydrogens (tertiary/aromatic N) is 1. The minimum Gasteiger partial charge on any atom is -0.605 e. The number of hydrogen-bond donors (Lipinski definition) is 3. The number of carbonyl (C=O) groups is 6. The number of ether oxygens (including phenoxy) is 4. The molecule has 4 atom stereocenters. The molecule has 1 unspecified atom stereocenters. The van der Waals surface area contributed by atoms with Crippen LogP contribution in [0.25, 0.3) is 0 Å². The summed E-state index contributed by atoms with van der Waals surface area (Å²) >= 11 is 0. The van der Waals surface area contributed by atoms with Gasteiger partial charge in [-0.1, -0.05) is 50.2 Å². The predicted octanol–water partition coefficient (Wildman–Crippen LogP) is 4.36. The molecule has 17 heteroatoms. The lowest BCUT2D eigenvalue weighted by molar-refractivity contribution is -0.156. The number of piperidine rings is 1.